The summed E-state index contributed by atoms with van der Waals surface area (Å²) >= 11 is 0. The number of aromatic amines is 1. The third-order valence-corrected chi connectivity index (χ3v) is 11.9. The molecule has 0 bridgehead atoms. The van der Waals surface area contributed by atoms with Gasteiger partial charge in [-0.25, -0.2) is 0 Å². The molecular weight excluding hydrogens is 746 g/mol. The molecule has 7 N–H and O–H groups in total. The minimum atomic E-state index is -2.53. The molecule has 5 aromatic rings. The van der Waals surface area contributed by atoms with E-state index in [4.69, 9.17) is 18.9 Å². The molecule has 14 nitrogen and oxygen atoms in total. The molecule has 3 heterocycles. The molecule has 306 valence electrons. The summed E-state index contributed by atoms with van der Waals surface area (Å²) in [4.78, 5) is 32.3. The highest BCUT2D eigenvalue weighted by Gasteiger charge is 2.56. The number of rotatable bonds is 14. The number of ether oxygens (including phenoxy) is 4. The summed E-state index contributed by atoms with van der Waals surface area (Å²) in [6, 6.07) is 18.2. The Morgan fingerprint density at radius 2 is 1.88 bits per heavy atom. The zero-order valence-electron chi connectivity index (χ0n) is 32.4. The van der Waals surface area contributed by atoms with Crippen molar-refractivity contribution in [3.05, 3.63) is 100 Å². The quantitative estimate of drug-likeness (QED) is 0.0798. The van der Waals surface area contributed by atoms with Gasteiger partial charge in [0.25, 0.3) is 5.91 Å². The van der Waals surface area contributed by atoms with Crippen LogP contribution in [-0.4, -0.2) is 111 Å². The summed E-state index contributed by atoms with van der Waals surface area (Å²) < 4.78 is 24.0. The van der Waals surface area contributed by atoms with Crippen molar-refractivity contribution in [3.8, 4) is 17.2 Å². The van der Waals surface area contributed by atoms with E-state index in [0.29, 0.717) is 28.8 Å². The van der Waals surface area contributed by atoms with Crippen LogP contribution in [0.1, 0.15) is 74.6 Å². The number of H-pyrrole nitrogens is 1. The Morgan fingerprint density at radius 1 is 1.09 bits per heavy atom. The molecule has 2 aliphatic heterocycles. The van der Waals surface area contributed by atoms with Gasteiger partial charge in [-0.15, -0.1) is 0 Å². The molecule has 0 spiro atoms. The van der Waals surface area contributed by atoms with Gasteiger partial charge in [-0.2, -0.15) is 0 Å². The lowest BCUT2D eigenvalue weighted by Crippen LogP contribution is -2.69. The molecule has 58 heavy (non-hydrogen) atoms. The number of carbonyl (C=O) groups is 2. The molecule has 1 saturated carbocycles. The monoisotopic (exact) mass is 795 g/mol. The number of carbonyl (C=O) groups excluding carboxylic acids is 2. The fourth-order valence-corrected chi connectivity index (χ4v) is 8.73. The van der Waals surface area contributed by atoms with E-state index in [1.807, 2.05) is 43.6 Å². The van der Waals surface area contributed by atoms with Gasteiger partial charge in [0, 0.05) is 47.4 Å². The molecule has 3 aliphatic rings. The topological polar surface area (TPSA) is 203 Å². The van der Waals surface area contributed by atoms with Crippen molar-refractivity contribution in [2.75, 3.05) is 33.9 Å². The first-order valence-corrected chi connectivity index (χ1v) is 19.6. The third kappa shape index (κ3) is 7.19. The molecule has 1 saturated heterocycles. The number of Topliss-reactive ketones (excluding diaryl/α,β-unsaturated/α-hetero) is 1. The van der Waals surface area contributed by atoms with E-state index in [0.717, 1.165) is 53.3 Å². The standard InChI is InChI=1S/C44H49N3O11/c1-45-17-24-11-12-33-31(13-24)28(18-46-33)21-56-22-36-39(50)41(52)44(54,23-48)43(58-36)57-35-16-29(55-2)14-27-15-32(25-7-3-4-8-25)38(40(51)37(27)35)34(49)20-47-19-26-9-5-6-10-30(26)42(47)53/h5-6,9-16,18,25,36,39,41,43,45-46,48,50-52,54H,3-4,7-8,17,19-23H2,1-2H3/t36-,39-,41+,43+,44-/m1/s1. The first kappa shape index (κ1) is 39.8. The number of fused-ring (bicyclic) bond motifs is 3. The Hall–Kier alpha value is -5.06. The second-order valence-corrected chi connectivity index (χ2v) is 15.6. The van der Waals surface area contributed by atoms with Crippen molar-refractivity contribution < 1.29 is 54.1 Å². The average Bonchev–Trinajstić information content (AvgIpc) is 3.98. The summed E-state index contributed by atoms with van der Waals surface area (Å²) in [5.41, 5.74) is 2.41. The van der Waals surface area contributed by atoms with E-state index >= 15 is 0 Å². The maximum absolute atomic E-state index is 14.3. The summed E-state index contributed by atoms with van der Waals surface area (Å²) in [5.74, 6) is -0.882. The molecule has 1 amide bonds. The van der Waals surface area contributed by atoms with Crippen LogP contribution >= 0.6 is 0 Å². The van der Waals surface area contributed by atoms with Crippen molar-refractivity contribution in [2.45, 2.75) is 81.5 Å². The van der Waals surface area contributed by atoms with Crippen LogP contribution in [0.5, 0.6) is 17.2 Å². The average molecular weight is 796 g/mol. The number of aromatic hydroxyl groups is 1. The second-order valence-electron chi connectivity index (χ2n) is 15.6. The Balaban J connectivity index is 1.11. The van der Waals surface area contributed by atoms with Crippen LogP contribution in [-0.2, 0) is 29.2 Å². The summed E-state index contributed by atoms with van der Waals surface area (Å²) in [6.07, 6.45) is -1.28. The Morgan fingerprint density at radius 3 is 2.62 bits per heavy atom. The first-order chi connectivity index (χ1) is 28.0. The zero-order valence-corrected chi connectivity index (χ0v) is 32.4. The van der Waals surface area contributed by atoms with Crippen molar-refractivity contribution >= 4 is 33.4 Å². The fraction of sp³-hybridized carbons (Fsp3) is 0.409. The van der Waals surface area contributed by atoms with Crippen LogP contribution in [0.2, 0.25) is 0 Å². The molecule has 4 aromatic carbocycles. The molecule has 8 rings (SSSR count). The summed E-state index contributed by atoms with van der Waals surface area (Å²) in [5, 5.41) is 61.3. The number of nitrogens with one attached hydrogen (secondary N) is 2. The number of ketones is 1. The zero-order chi connectivity index (χ0) is 40.7. The summed E-state index contributed by atoms with van der Waals surface area (Å²) in [7, 11) is 3.32. The maximum Gasteiger partial charge on any atom is 0.254 e. The Bertz CT molecular complexity index is 2340. The van der Waals surface area contributed by atoms with Crippen molar-refractivity contribution in [3.63, 3.8) is 0 Å². The van der Waals surface area contributed by atoms with E-state index in [2.05, 4.69) is 16.4 Å². The van der Waals surface area contributed by atoms with E-state index in [1.165, 1.54) is 18.1 Å². The van der Waals surface area contributed by atoms with Crippen molar-refractivity contribution in [1.29, 1.82) is 0 Å². The van der Waals surface area contributed by atoms with Gasteiger partial charge in [-0.1, -0.05) is 37.1 Å². The van der Waals surface area contributed by atoms with Gasteiger partial charge in [-0.05, 0) is 78.2 Å². The largest absolute Gasteiger partial charge is 0.506 e. The molecule has 1 aromatic heterocycles. The minimum Gasteiger partial charge on any atom is -0.506 e. The van der Waals surface area contributed by atoms with Crippen LogP contribution in [0.3, 0.4) is 0 Å². The van der Waals surface area contributed by atoms with Crippen LogP contribution in [0, 0.1) is 0 Å². The van der Waals surface area contributed by atoms with Gasteiger partial charge in [0.2, 0.25) is 6.29 Å². The van der Waals surface area contributed by atoms with Crippen molar-refractivity contribution in [1.82, 2.24) is 15.2 Å². The van der Waals surface area contributed by atoms with Gasteiger partial charge < -0.3 is 59.7 Å². The maximum atomic E-state index is 14.3. The summed E-state index contributed by atoms with van der Waals surface area (Å²) in [6.45, 7) is -0.485. The second kappa shape index (κ2) is 16.3. The van der Waals surface area contributed by atoms with Gasteiger partial charge in [0.05, 0.1) is 44.4 Å². The van der Waals surface area contributed by atoms with Crippen LogP contribution in [0.15, 0.2) is 66.9 Å². The number of hydrogen-bond donors (Lipinski definition) is 7. The number of hydrogen-bond acceptors (Lipinski definition) is 12. The molecule has 14 heteroatoms. The highest BCUT2D eigenvalue weighted by Crippen LogP contribution is 2.47. The van der Waals surface area contributed by atoms with Crippen molar-refractivity contribution in [2.24, 2.45) is 0 Å². The molecule has 0 radical (unpaired) electrons. The first-order valence-electron chi connectivity index (χ1n) is 19.6. The van der Waals surface area contributed by atoms with E-state index < -0.39 is 42.6 Å². The molecule has 1 aliphatic carbocycles. The lowest BCUT2D eigenvalue weighted by atomic mass is 9.86. The number of nitrogens with zero attached hydrogens (tertiary/aromatic N) is 1. The van der Waals surface area contributed by atoms with Gasteiger partial charge in [0.1, 0.15) is 35.6 Å². The highest BCUT2D eigenvalue weighted by atomic mass is 16.7. The van der Waals surface area contributed by atoms with Gasteiger partial charge in [-0.3, -0.25) is 9.59 Å². The van der Waals surface area contributed by atoms with E-state index in [9.17, 15) is 35.1 Å². The number of phenols is 1. The molecule has 5 atom stereocenters. The van der Waals surface area contributed by atoms with Crippen LogP contribution < -0.4 is 14.8 Å². The molecule has 0 unspecified atom stereocenters. The lowest BCUT2D eigenvalue weighted by Gasteiger charge is -2.47. The molecular formula is C44H49N3O11. The van der Waals surface area contributed by atoms with E-state index in [-0.39, 0.29) is 60.6 Å². The Labute approximate surface area is 334 Å². The van der Waals surface area contributed by atoms with Gasteiger partial charge >= 0.3 is 0 Å². The number of aliphatic hydroxyl groups is 4. The predicted molar refractivity (Wildman–Crippen MR) is 213 cm³/mol. The number of benzene rings is 4. The number of methoxy groups -OCH3 is 1. The van der Waals surface area contributed by atoms with Gasteiger partial charge in [0.15, 0.2) is 11.4 Å². The van der Waals surface area contributed by atoms with Crippen LogP contribution in [0.4, 0.5) is 0 Å². The Kier molecular flexibility index (Phi) is 11.2. The normalized spacial score (nSPS) is 23.6. The van der Waals surface area contributed by atoms with E-state index in [1.54, 1.807) is 18.2 Å². The predicted octanol–water partition coefficient (Wildman–Crippen LogP) is 4.02. The smallest absolute Gasteiger partial charge is 0.254 e. The number of aliphatic hydroxyl groups excluding tert-OH is 3. The minimum absolute atomic E-state index is 0.0190. The van der Waals surface area contributed by atoms with Crippen LogP contribution in [0.25, 0.3) is 21.7 Å². The number of amides is 1. The lowest BCUT2D eigenvalue weighted by molar-refractivity contribution is -0.329. The number of aromatic nitrogens is 1. The SMILES string of the molecule is CNCc1ccc2[nH]cc(COC[C@H]3O[C@H](Oc4cc(OC)cc5cc(C6CCCC6)c(C(=O)CN6Cc7ccccc7C6=O)c(O)c45)[C@@](O)(CO)[C@@H](O)[C@@H]3O)c2c1. The fourth-order valence-electron chi connectivity index (χ4n) is 8.73. The third-order valence-electron chi connectivity index (χ3n) is 11.9. The highest BCUT2D eigenvalue weighted by molar-refractivity contribution is 6.11. The number of phenolic OH excluding ortho intramolecular Hbond substituents is 1. The molecule has 2 fully saturated rings.